The molecule has 1 aromatic rings. The van der Waals surface area contributed by atoms with Gasteiger partial charge in [0.2, 0.25) is 5.91 Å². The highest BCUT2D eigenvalue weighted by atomic mass is 16.4. The standard InChI is InChI=1S/C16H26BNO3/c1-2-3-4-5-6-7-8-12-16(19)18-15-11-9-10-14(13-15)17(20)21/h9-11,13,20-21H,2-8,12H2,1H3,(H,18,19). The van der Waals surface area contributed by atoms with E-state index in [1.54, 1.807) is 24.3 Å². The van der Waals surface area contributed by atoms with Crippen LogP contribution in [-0.4, -0.2) is 23.1 Å². The SMILES string of the molecule is CCCCCCCCCC(=O)Nc1cccc(B(O)O)c1. The van der Waals surface area contributed by atoms with Gasteiger partial charge in [0.05, 0.1) is 0 Å². The fraction of sp³-hybridized carbons (Fsp3) is 0.562. The molecule has 4 nitrogen and oxygen atoms in total. The van der Waals surface area contributed by atoms with E-state index in [2.05, 4.69) is 12.2 Å². The summed E-state index contributed by atoms with van der Waals surface area (Å²) < 4.78 is 0. The normalized spacial score (nSPS) is 10.4. The molecule has 0 heterocycles. The predicted octanol–water partition coefficient (Wildman–Crippen LogP) is 2.45. The van der Waals surface area contributed by atoms with Crippen molar-refractivity contribution in [3.8, 4) is 0 Å². The molecule has 0 aliphatic carbocycles. The Kier molecular flexibility index (Phi) is 8.79. The molecule has 1 rings (SSSR count). The predicted molar refractivity (Wildman–Crippen MR) is 87.5 cm³/mol. The maximum Gasteiger partial charge on any atom is 0.488 e. The molecule has 21 heavy (non-hydrogen) atoms. The molecule has 1 amide bonds. The van der Waals surface area contributed by atoms with Crippen LogP contribution in [0.1, 0.15) is 58.3 Å². The van der Waals surface area contributed by atoms with Crippen molar-refractivity contribution < 1.29 is 14.8 Å². The van der Waals surface area contributed by atoms with E-state index in [0.29, 0.717) is 17.6 Å². The van der Waals surface area contributed by atoms with Crippen LogP contribution in [0.2, 0.25) is 0 Å². The number of benzene rings is 1. The van der Waals surface area contributed by atoms with Crippen LogP contribution in [0.3, 0.4) is 0 Å². The van der Waals surface area contributed by atoms with Crippen molar-refractivity contribution in [1.29, 1.82) is 0 Å². The molecule has 1 aromatic carbocycles. The highest BCUT2D eigenvalue weighted by Crippen LogP contribution is 2.10. The zero-order chi connectivity index (χ0) is 15.5. The number of rotatable bonds is 10. The molecular weight excluding hydrogens is 265 g/mol. The minimum absolute atomic E-state index is 0.0202. The number of hydrogen-bond acceptors (Lipinski definition) is 3. The van der Waals surface area contributed by atoms with Crippen molar-refractivity contribution in [3.63, 3.8) is 0 Å². The maximum atomic E-state index is 11.8. The number of anilines is 1. The van der Waals surface area contributed by atoms with Crippen LogP contribution in [0.25, 0.3) is 0 Å². The lowest BCUT2D eigenvalue weighted by molar-refractivity contribution is -0.116. The van der Waals surface area contributed by atoms with E-state index >= 15 is 0 Å². The van der Waals surface area contributed by atoms with E-state index in [1.165, 1.54) is 32.1 Å². The molecule has 116 valence electrons. The first-order valence-corrected chi connectivity index (χ1v) is 7.89. The molecule has 0 spiro atoms. The van der Waals surface area contributed by atoms with Crippen LogP contribution in [0, 0.1) is 0 Å². The Morgan fingerprint density at radius 1 is 1.10 bits per heavy atom. The van der Waals surface area contributed by atoms with Crippen LogP contribution in [0.4, 0.5) is 5.69 Å². The minimum atomic E-state index is -1.51. The Hall–Kier alpha value is -1.33. The Labute approximate surface area is 127 Å². The molecule has 3 N–H and O–H groups in total. The average molecular weight is 291 g/mol. The molecule has 0 saturated heterocycles. The quantitative estimate of drug-likeness (QED) is 0.458. The Balaban J connectivity index is 2.20. The summed E-state index contributed by atoms with van der Waals surface area (Å²) in [5.74, 6) is -0.0202. The Bertz CT molecular complexity index is 424. The number of nitrogens with one attached hydrogen (secondary N) is 1. The van der Waals surface area contributed by atoms with E-state index < -0.39 is 7.12 Å². The molecule has 5 heteroatoms. The first-order chi connectivity index (χ1) is 10.1. The van der Waals surface area contributed by atoms with E-state index in [1.807, 2.05) is 0 Å². The number of carbonyl (C=O) groups excluding carboxylic acids is 1. The second-order valence-electron chi connectivity index (χ2n) is 5.42. The molecule has 0 aliphatic heterocycles. The fourth-order valence-electron chi connectivity index (χ4n) is 2.24. The van der Waals surface area contributed by atoms with Crippen molar-refractivity contribution in [3.05, 3.63) is 24.3 Å². The van der Waals surface area contributed by atoms with Crippen molar-refractivity contribution in [2.45, 2.75) is 58.3 Å². The average Bonchev–Trinajstić information content (AvgIpc) is 2.46. The number of carbonyl (C=O) groups is 1. The van der Waals surface area contributed by atoms with Gasteiger partial charge in [0.25, 0.3) is 0 Å². The first kappa shape index (κ1) is 17.7. The van der Waals surface area contributed by atoms with E-state index in [4.69, 9.17) is 10.0 Å². The minimum Gasteiger partial charge on any atom is -0.423 e. The molecular formula is C16H26BNO3. The van der Waals surface area contributed by atoms with Gasteiger partial charge in [-0.25, -0.2) is 0 Å². The molecule has 0 unspecified atom stereocenters. The summed E-state index contributed by atoms with van der Waals surface area (Å²) in [6.07, 6.45) is 8.80. The highest BCUT2D eigenvalue weighted by Gasteiger charge is 2.11. The zero-order valence-electron chi connectivity index (χ0n) is 12.8. The van der Waals surface area contributed by atoms with Gasteiger partial charge in [-0.15, -0.1) is 0 Å². The third-order valence-electron chi connectivity index (χ3n) is 3.48. The summed E-state index contributed by atoms with van der Waals surface area (Å²) in [5, 5.41) is 21.0. The smallest absolute Gasteiger partial charge is 0.423 e. The zero-order valence-corrected chi connectivity index (χ0v) is 12.8. The van der Waals surface area contributed by atoms with E-state index in [0.717, 1.165) is 12.8 Å². The third kappa shape index (κ3) is 7.88. The molecule has 0 aromatic heterocycles. The van der Waals surface area contributed by atoms with Gasteiger partial charge in [-0.05, 0) is 24.0 Å². The van der Waals surface area contributed by atoms with E-state index in [9.17, 15) is 4.79 Å². The van der Waals surface area contributed by atoms with Crippen LogP contribution in [-0.2, 0) is 4.79 Å². The topological polar surface area (TPSA) is 69.6 Å². The van der Waals surface area contributed by atoms with Crippen LogP contribution < -0.4 is 10.8 Å². The fourth-order valence-corrected chi connectivity index (χ4v) is 2.24. The van der Waals surface area contributed by atoms with Crippen molar-refractivity contribution >= 4 is 24.2 Å². The molecule has 0 atom stereocenters. The van der Waals surface area contributed by atoms with Crippen LogP contribution in [0.15, 0.2) is 24.3 Å². The van der Waals surface area contributed by atoms with Gasteiger partial charge in [-0.1, -0.05) is 57.6 Å². The first-order valence-electron chi connectivity index (χ1n) is 7.89. The Morgan fingerprint density at radius 2 is 1.76 bits per heavy atom. The van der Waals surface area contributed by atoms with Crippen molar-refractivity contribution in [1.82, 2.24) is 0 Å². The second-order valence-corrected chi connectivity index (χ2v) is 5.42. The lowest BCUT2D eigenvalue weighted by Crippen LogP contribution is -2.30. The van der Waals surface area contributed by atoms with Crippen LogP contribution >= 0.6 is 0 Å². The van der Waals surface area contributed by atoms with Crippen molar-refractivity contribution in [2.24, 2.45) is 0 Å². The molecule has 0 fully saturated rings. The molecule has 0 saturated carbocycles. The van der Waals surface area contributed by atoms with Crippen molar-refractivity contribution in [2.75, 3.05) is 5.32 Å². The monoisotopic (exact) mass is 291 g/mol. The lowest BCUT2D eigenvalue weighted by Gasteiger charge is -2.07. The third-order valence-corrected chi connectivity index (χ3v) is 3.48. The van der Waals surface area contributed by atoms with Gasteiger partial charge in [0, 0.05) is 12.1 Å². The summed E-state index contributed by atoms with van der Waals surface area (Å²) in [7, 11) is -1.51. The van der Waals surface area contributed by atoms with Gasteiger partial charge < -0.3 is 15.4 Å². The second kappa shape index (κ2) is 10.4. The summed E-state index contributed by atoms with van der Waals surface area (Å²) >= 11 is 0. The summed E-state index contributed by atoms with van der Waals surface area (Å²) in [5.41, 5.74) is 0.984. The molecule has 0 bridgehead atoms. The maximum absolute atomic E-state index is 11.8. The van der Waals surface area contributed by atoms with Gasteiger partial charge >= 0.3 is 7.12 Å². The molecule has 0 radical (unpaired) electrons. The molecule has 0 aliphatic rings. The summed E-state index contributed by atoms with van der Waals surface area (Å²) in [6, 6.07) is 6.62. The van der Waals surface area contributed by atoms with Crippen LogP contribution in [0.5, 0.6) is 0 Å². The van der Waals surface area contributed by atoms with E-state index in [-0.39, 0.29) is 5.91 Å². The summed E-state index contributed by atoms with van der Waals surface area (Å²) in [4.78, 5) is 11.8. The number of hydrogen-bond donors (Lipinski definition) is 3. The van der Waals surface area contributed by atoms with Gasteiger partial charge in [0.15, 0.2) is 0 Å². The lowest BCUT2D eigenvalue weighted by atomic mass is 9.80. The highest BCUT2D eigenvalue weighted by molar-refractivity contribution is 6.58. The largest absolute Gasteiger partial charge is 0.488 e. The summed E-state index contributed by atoms with van der Waals surface area (Å²) in [6.45, 7) is 2.20. The van der Waals surface area contributed by atoms with Gasteiger partial charge in [-0.2, -0.15) is 0 Å². The van der Waals surface area contributed by atoms with Gasteiger partial charge in [-0.3, -0.25) is 4.79 Å². The number of unbranched alkanes of at least 4 members (excludes halogenated alkanes) is 6. The number of amides is 1. The Morgan fingerprint density at radius 3 is 2.43 bits per heavy atom. The van der Waals surface area contributed by atoms with Gasteiger partial charge in [0.1, 0.15) is 0 Å².